The summed E-state index contributed by atoms with van der Waals surface area (Å²) in [6.45, 7) is 6.07. The Balaban J connectivity index is 1.82. The maximum absolute atomic E-state index is 6.04. The summed E-state index contributed by atoms with van der Waals surface area (Å²) >= 11 is 0. The summed E-state index contributed by atoms with van der Waals surface area (Å²) in [5.41, 5.74) is 3.34. The normalized spacial score (nSPS) is 11.6. The lowest BCUT2D eigenvalue weighted by Crippen LogP contribution is -2.03. The van der Waals surface area contributed by atoms with Gasteiger partial charge in [-0.1, -0.05) is 48.0 Å². The van der Waals surface area contributed by atoms with E-state index in [2.05, 4.69) is 0 Å². The zero-order valence-corrected chi connectivity index (χ0v) is 15.5. The molecule has 128 valence electrons. The molecule has 0 aliphatic carbocycles. The summed E-state index contributed by atoms with van der Waals surface area (Å²) < 4.78 is 18.0. The lowest BCUT2D eigenvalue weighted by atomic mass is 10.2. The van der Waals surface area contributed by atoms with Crippen LogP contribution < -0.4 is 13.6 Å². The Morgan fingerprint density at radius 3 is 2.04 bits per heavy atom. The van der Waals surface area contributed by atoms with Crippen molar-refractivity contribution in [3.63, 3.8) is 0 Å². The van der Waals surface area contributed by atoms with Gasteiger partial charge in [-0.3, -0.25) is 0 Å². The molecule has 4 heteroatoms. The molecule has 1 atom stereocenters. The van der Waals surface area contributed by atoms with Crippen LogP contribution in [0.5, 0.6) is 17.2 Å². The smallest absolute Gasteiger partial charge is 0.409 e. The average molecular weight is 352 g/mol. The van der Waals surface area contributed by atoms with Crippen molar-refractivity contribution in [1.82, 2.24) is 0 Å². The number of rotatable bonds is 6. The summed E-state index contributed by atoms with van der Waals surface area (Å²) in [6.07, 6.45) is 0. The molecule has 0 aliphatic heterocycles. The second-order valence-corrected chi connectivity index (χ2v) is 6.89. The largest absolute Gasteiger partial charge is 0.530 e. The Morgan fingerprint density at radius 1 is 0.600 bits per heavy atom. The summed E-state index contributed by atoms with van der Waals surface area (Å²) in [6, 6.07) is 23.5. The molecule has 0 N–H and O–H groups in total. The van der Waals surface area contributed by atoms with Gasteiger partial charge in [0.25, 0.3) is 0 Å². The third kappa shape index (κ3) is 4.98. The number of benzene rings is 3. The molecule has 3 nitrogen and oxygen atoms in total. The fraction of sp³-hybridized carbons (Fsp3) is 0.143. The van der Waals surface area contributed by atoms with Gasteiger partial charge < -0.3 is 13.6 Å². The maximum atomic E-state index is 6.04. The summed E-state index contributed by atoms with van der Waals surface area (Å²) in [5.74, 6) is 2.21. The van der Waals surface area contributed by atoms with E-state index in [1.54, 1.807) is 0 Å². The summed E-state index contributed by atoms with van der Waals surface area (Å²) in [5, 5.41) is 0. The molecule has 0 aliphatic rings. The van der Waals surface area contributed by atoms with E-state index in [0.717, 1.165) is 28.4 Å². The molecule has 3 aromatic carbocycles. The standard InChI is InChI=1S/C21H21O3P/c1-16-11-13-19(14-12-16)22-25(23-20-9-6-7-17(2)15-20)24-21-10-5-4-8-18(21)3/h4-15H,1-3H3. The lowest BCUT2D eigenvalue weighted by Gasteiger charge is -2.19. The van der Waals surface area contributed by atoms with Gasteiger partial charge in [0.1, 0.15) is 17.2 Å². The highest BCUT2D eigenvalue weighted by Gasteiger charge is 2.20. The maximum Gasteiger partial charge on any atom is 0.530 e. The Bertz CT molecular complexity index is 831. The third-order valence-corrected chi connectivity index (χ3v) is 4.70. The van der Waals surface area contributed by atoms with Gasteiger partial charge in [0, 0.05) is 0 Å². The molecule has 0 saturated heterocycles. The van der Waals surface area contributed by atoms with E-state index in [4.69, 9.17) is 13.6 Å². The molecule has 0 spiro atoms. The average Bonchev–Trinajstić information content (AvgIpc) is 2.59. The number of para-hydroxylation sites is 1. The van der Waals surface area contributed by atoms with Crippen molar-refractivity contribution < 1.29 is 13.6 Å². The van der Waals surface area contributed by atoms with Gasteiger partial charge in [-0.2, -0.15) is 0 Å². The van der Waals surface area contributed by atoms with E-state index >= 15 is 0 Å². The van der Waals surface area contributed by atoms with Crippen LogP contribution in [-0.2, 0) is 0 Å². The van der Waals surface area contributed by atoms with E-state index in [0.29, 0.717) is 0 Å². The number of aryl methyl sites for hydroxylation is 3. The zero-order valence-electron chi connectivity index (χ0n) is 14.6. The topological polar surface area (TPSA) is 27.7 Å². The predicted octanol–water partition coefficient (Wildman–Crippen LogP) is 6.38. The van der Waals surface area contributed by atoms with E-state index in [1.807, 2.05) is 93.6 Å². The third-order valence-electron chi connectivity index (χ3n) is 3.64. The molecule has 0 radical (unpaired) electrons. The first-order valence-electron chi connectivity index (χ1n) is 8.13. The van der Waals surface area contributed by atoms with Crippen LogP contribution in [0.4, 0.5) is 0 Å². The second kappa shape index (κ2) is 8.04. The molecule has 0 aromatic heterocycles. The molecule has 0 saturated carbocycles. The van der Waals surface area contributed by atoms with E-state index in [1.165, 1.54) is 5.56 Å². The van der Waals surface area contributed by atoms with Gasteiger partial charge in [0.15, 0.2) is 0 Å². The Kier molecular flexibility index (Phi) is 5.57. The van der Waals surface area contributed by atoms with Crippen molar-refractivity contribution in [2.45, 2.75) is 20.8 Å². The van der Waals surface area contributed by atoms with Crippen molar-refractivity contribution in [1.29, 1.82) is 0 Å². The van der Waals surface area contributed by atoms with Gasteiger partial charge >= 0.3 is 8.60 Å². The minimum absolute atomic E-state index is 0.720. The predicted molar refractivity (Wildman–Crippen MR) is 102 cm³/mol. The van der Waals surface area contributed by atoms with Crippen LogP contribution in [0.1, 0.15) is 16.7 Å². The SMILES string of the molecule is Cc1ccc(OP(Oc2cccc(C)c2)Oc2ccccc2C)cc1. The van der Waals surface area contributed by atoms with Gasteiger partial charge in [-0.15, -0.1) is 0 Å². The highest BCUT2D eigenvalue weighted by atomic mass is 31.2. The quantitative estimate of drug-likeness (QED) is 0.482. The summed E-state index contributed by atoms with van der Waals surface area (Å²) in [4.78, 5) is 0. The molecule has 3 aromatic rings. The summed E-state index contributed by atoms with van der Waals surface area (Å²) in [7, 11) is -1.63. The van der Waals surface area contributed by atoms with Crippen molar-refractivity contribution in [2.24, 2.45) is 0 Å². The molecule has 3 rings (SSSR count). The van der Waals surface area contributed by atoms with Crippen molar-refractivity contribution >= 4 is 8.60 Å². The van der Waals surface area contributed by atoms with Crippen LogP contribution in [0, 0.1) is 20.8 Å². The number of hydrogen-bond acceptors (Lipinski definition) is 3. The van der Waals surface area contributed by atoms with Crippen LogP contribution in [-0.4, -0.2) is 0 Å². The van der Waals surface area contributed by atoms with Gasteiger partial charge in [0.2, 0.25) is 0 Å². The minimum atomic E-state index is -1.63. The minimum Gasteiger partial charge on any atom is -0.409 e. The second-order valence-electron chi connectivity index (χ2n) is 5.89. The van der Waals surface area contributed by atoms with E-state index in [-0.39, 0.29) is 0 Å². The van der Waals surface area contributed by atoms with Crippen LogP contribution in [0.15, 0.2) is 72.8 Å². The Hall–Kier alpha value is -2.51. The van der Waals surface area contributed by atoms with Gasteiger partial charge in [-0.05, 0) is 62.2 Å². The van der Waals surface area contributed by atoms with Crippen molar-refractivity contribution in [2.75, 3.05) is 0 Å². The molecular weight excluding hydrogens is 331 g/mol. The molecule has 25 heavy (non-hydrogen) atoms. The number of hydrogen-bond donors (Lipinski definition) is 0. The Labute approximate surface area is 150 Å². The molecule has 1 unspecified atom stereocenters. The van der Waals surface area contributed by atoms with Crippen molar-refractivity contribution in [3.05, 3.63) is 89.5 Å². The molecule has 0 fully saturated rings. The zero-order chi connectivity index (χ0) is 17.6. The van der Waals surface area contributed by atoms with Gasteiger partial charge in [0.05, 0.1) is 0 Å². The molecule has 0 heterocycles. The molecule has 0 amide bonds. The highest BCUT2D eigenvalue weighted by Crippen LogP contribution is 2.43. The molecular formula is C21H21O3P. The Morgan fingerprint density at radius 2 is 1.32 bits per heavy atom. The monoisotopic (exact) mass is 352 g/mol. The van der Waals surface area contributed by atoms with Crippen LogP contribution in [0.2, 0.25) is 0 Å². The van der Waals surface area contributed by atoms with E-state index in [9.17, 15) is 0 Å². The first kappa shape index (κ1) is 17.3. The first-order chi connectivity index (χ1) is 12.1. The van der Waals surface area contributed by atoms with E-state index < -0.39 is 8.60 Å². The van der Waals surface area contributed by atoms with Crippen LogP contribution >= 0.6 is 8.60 Å². The fourth-order valence-electron chi connectivity index (χ4n) is 2.24. The van der Waals surface area contributed by atoms with Crippen LogP contribution in [0.3, 0.4) is 0 Å². The first-order valence-corrected chi connectivity index (χ1v) is 9.23. The van der Waals surface area contributed by atoms with Crippen molar-refractivity contribution in [3.8, 4) is 17.2 Å². The highest BCUT2D eigenvalue weighted by molar-refractivity contribution is 7.43. The van der Waals surface area contributed by atoms with Gasteiger partial charge in [-0.25, -0.2) is 0 Å². The van der Waals surface area contributed by atoms with Crippen LogP contribution in [0.25, 0.3) is 0 Å². The lowest BCUT2D eigenvalue weighted by molar-refractivity contribution is 0.387. The molecule has 0 bridgehead atoms. The fourth-order valence-corrected chi connectivity index (χ4v) is 3.30.